The first-order valence-corrected chi connectivity index (χ1v) is 8.86. The van der Waals surface area contributed by atoms with Crippen LogP contribution in [0.25, 0.3) is 22.4 Å². The molecule has 0 saturated carbocycles. The molecule has 0 spiro atoms. The van der Waals surface area contributed by atoms with Crippen LogP contribution in [0.3, 0.4) is 0 Å². The van der Waals surface area contributed by atoms with Gasteiger partial charge >= 0.3 is 5.97 Å². The number of carboxylic acids is 1. The molecule has 0 saturated heterocycles. The molecule has 4 nitrogen and oxygen atoms in total. The number of pyridine rings is 1. The lowest BCUT2D eigenvalue weighted by atomic mass is 9.96. The van der Waals surface area contributed by atoms with E-state index >= 15 is 0 Å². The van der Waals surface area contributed by atoms with Crippen LogP contribution >= 0.6 is 11.6 Å². The average Bonchev–Trinajstić information content (AvgIpc) is 2.62. The zero-order valence-corrected chi connectivity index (χ0v) is 15.8. The van der Waals surface area contributed by atoms with Crippen molar-refractivity contribution in [2.75, 3.05) is 0 Å². The standard InChI is InChI=1S/C21H16ClF2NO3/c1-3-25-11(2)17(12-4-6-13(22)7-5-12)20(26)18(21(27)28)19(25)15-9-8-14(23)10-16(15)24/h4-10H,3H2,1-2H3,(H,27,28). The van der Waals surface area contributed by atoms with Gasteiger partial charge in [0, 0.05) is 34.5 Å². The van der Waals surface area contributed by atoms with Crippen LogP contribution in [0.4, 0.5) is 8.78 Å². The molecule has 0 amide bonds. The second kappa shape index (κ2) is 7.56. The highest BCUT2D eigenvalue weighted by atomic mass is 35.5. The fourth-order valence-electron chi connectivity index (χ4n) is 3.35. The Hall–Kier alpha value is -2.99. The van der Waals surface area contributed by atoms with Crippen molar-refractivity contribution >= 4 is 17.6 Å². The summed E-state index contributed by atoms with van der Waals surface area (Å²) < 4.78 is 29.4. The molecule has 3 rings (SSSR count). The molecular formula is C21H16ClF2NO3. The first-order valence-electron chi connectivity index (χ1n) is 8.48. The minimum atomic E-state index is -1.49. The summed E-state index contributed by atoms with van der Waals surface area (Å²) in [6.45, 7) is 3.68. The lowest BCUT2D eigenvalue weighted by Gasteiger charge is -2.21. The number of hydrogen-bond donors (Lipinski definition) is 1. The number of benzene rings is 2. The van der Waals surface area contributed by atoms with E-state index in [1.54, 1.807) is 42.7 Å². The summed E-state index contributed by atoms with van der Waals surface area (Å²) in [5, 5.41) is 10.2. The average molecular weight is 404 g/mol. The third-order valence-corrected chi connectivity index (χ3v) is 4.83. The molecule has 0 aliphatic heterocycles. The monoisotopic (exact) mass is 403 g/mol. The van der Waals surface area contributed by atoms with Crippen molar-refractivity contribution in [2.24, 2.45) is 0 Å². The van der Waals surface area contributed by atoms with Gasteiger partial charge in [0.05, 0.1) is 5.69 Å². The molecule has 7 heteroatoms. The van der Waals surface area contributed by atoms with Crippen molar-refractivity contribution in [1.82, 2.24) is 4.57 Å². The van der Waals surface area contributed by atoms with E-state index in [-0.39, 0.29) is 23.4 Å². The first kappa shape index (κ1) is 19.8. The Bertz CT molecular complexity index is 1140. The van der Waals surface area contributed by atoms with Crippen molar-refractivity contribution < 1.29 is 18.7 Å². The van der Waals surface area contributed by atoms with Gasteiger partial charge in [-0.1, -0.05) is 23.7 Å². The first-order chi connectivity index (χ1) is 13.3. The van der Waals surface area contributed by atoms with Gasteiger partial charge in [-0.3, -0.25) is 4.79 Å². The van der Waals surface area contributed by atoms with Crippen LogP contribution in [0.2, 0.25) is 5.02 Å². The van der Waals surface area contributed by atoms with E-state index in [1.165, 1.54) is 0 Å². The molecule has 3 aromatic rings. The van der Waals surface area contributed by atoms with Gasteiger partial charge in [-0.2, -0.15) is 0 Å². The third-order valence-electron chi connectivity index (χ3n) is 4.58. The van der Waals surface area contributed by atoms with Crippen molar-refractivity contribution in [3.05, 3.63) is 80.6 Å². The zero-order chi connectivity index (χ0) is 20.6. The highest BCUT2D eigenvalue weighted by molar-refractivity contribution is 6.30. The Morgan fingerprint density at radius 3 is 2.32 bits per heavy atom. The Labute approximate surface area is 164 Å². The van der Waals surface area contributed by atoms with Crippen LogP contribution in [0.15, 0.2) is 47.3 Å². The number of hydrogen-bond acceptors (Lipinski definition) is 2. The summed E-state index contributed by atoms with van der Waals surface area (Å²) in [5.41, 5.74) is -0.377. The van der Waals surface area contributed by atoms with Gasteiger partial charge in [-0.05, 0) is 43.7 Å². The molecular weight excluding hydrogens is 388 g/mol. The van der Waals surface area contributed by atoms with Gasteiger partial charge in [0.2, 0.25) is 5.43 Å². The highest BCUT2D eigenvalue weighted by Crippen LogP contribution is 2.31. The fourth-order valence-corrected chi connectivity index (χ4v) is 3.47. The van der Waals surface area contributed by atoms with E-state index in [0.717, 1.165) is 12.1 Å². The minimum absolute atomic E-state index is 0.0901. The number of halogens is 3. The van der Waals surface area contributed by atoms with Crippen LogP contribution < -0.4 is 5.43 Å². The van der Waals surface area contributed by atoms with Crippen molar-refractivity contribution in [2.45, 2.75) is 20.4 Å². The van der Waals surface area contributed by atoms with Gasteiger partial charge < -0.3 is 9.67 Å². The molecule has 1 N–H and O–H groups in total. The van der Waals surface area contributed by atoms with Gasteiger partial charge in [-0.15, -0.1) is 0 Å². The van der Waals surface area contributed by atoms with Gasteiger partial charge in [0.25, 0.3) is 0 Å². The third kappa shape index (κ3) is 3.31. The van der Waals surface area contributed by atoms with Gasteiger partial charge in [0.15, 0.2) is 0 Å². The Kier molecular flexibility index (Phi) is 5.34. The van der Waals surface area contributed by atoms with Crippen LogP contribution in [0.1, 0.15) is 23.0 Å². The summed E-state index contributed by atoms with van der Waals surface area (Å²) in [5.74, 6) is -3.22. The number of nitrogens with zero attached hydrogens (tertiary/aromatic N) is 1. The van der Waals surface area contributed by atoms with Crippen LogP contribution in [0, 0.1) is 18.6 Å². The van der Waals surface area contributed by atoms with Crippen molar-refractivity contribution in [1.29, 1.82) is 0 Å². The van der Waals surface area contributed by atoms with E-state index in [1.807, 2.05) is 0 Å². The molecule has 2 aromatic carbocycles. The lowest BCUT2D eigenvalue weighted by molar-refractivity contribution is 0.0695. The highest BCUT2D eigenvalue weighted by Gasteiger charge is 2.27. The second-order valence-corrected chi connectivity index (χ2v) is 6.63. The molecule has 144 valence electrons. The van der Waals surface area contributed by atoms with E-state index < -0.39 is 28.6 Å². The van der Waals surface area contributed by atoms with Gasteiger partial charge in [0.1, 0.15) is 17.2 Å². The number of carboxylic acid groups (broad SMARTS) is 1. The largest absolute Gasteiger partial charge is 0.477 e. The van der Waals surface area contributed by atoms with E-state index in [2.05, 4.69) is 0 Å². The maximum absolute atomic E-state index is 14.5. The molecule has 28 heavy (non-hydrogen) atoms. The molecule has 0 unspecified atom stereocenters. The van der Waals surface area contributed by atoms with E-state index in [0.29, 0.717) is 22.3 Å². The van der Waals surface area contributed by atoms with E-state index in [4.69, 9.17) is 11.6 Å². The summed E-state index contributed by atoms with van der Waals surface area (Å²) >= 11 is 5.90. The maximum Gasteiger partial charge on any atom is 0.341 e. The van der Waals surface area contributed by atoms with Crippen molar-refractivity contribution in [3.63, 3.8) is 0 Å². The smallest absolute Gasteiger partial charge is 0.341 e. The predicted octanol–water partition coefficient (Wildman–Crippen LogP) is 5.14. The minimum Gasteiger partial charge on any atom is -0.477 e. The Balaban J connectivity index is 2.46. The Morgan fingerprint density at radius 2 is 1.79 bits per heavy atom. The summed E-state index contributed by atoms with van der Waals surface area (Å²) in [4.78, 5) is 25.1. The predicted molar refractivity (Wildman–Crippen MR) is 104 cm³/mol. The zero-order valence-electron chi connectivity index (χ0n) is 15.1. The SMILES string of the molecule is CCn1c(C)c(-c2ccc(Cl)cc2)c(=O)c(C(=O)O)c1-c1ccc(F)cc1F. The normalized spacial score (nSPS) is 10.9. The quantitative estimate of drug-likeness (QED) is 0.656. The number of carbonyl (C=O) groups is 1. The molecule has 0 aliphatic carbocycles. The summed E-state index contributed by atoms with van der Waals surface area (Å²) in [6, 6.07) is 9.26. The molecule has 0 radical (unpaired) electrons. The topological polar surface area (TPSA) is 59.3 Å². The van der Waals surface area contributed by atoms with Crippen LogP contribution in [0.5, 0.6) is 0 Å². The molecule has 0 bridgehead atoms. The molecule has 1 aromatic heterocycles. The molecule has 0 aliphatic rings. The van der Waals surface area contributed by atoms with E-state index in [9.17, 15) is 23.5 Å². The summed E-state index contributed by atoms with van der Waals surface area (Å²) in [6.07, 6.45) is 0. The summed E-state index contributed by atoms with van der Waals surface area (Å²) in [7, 11) is 0. The maximum atomic E-state index is 14.5. The van der Waals surface area contributed by atoms with Crippen molar-refractivity contribution in [3.8, 4) is 22.4 Å². The van der Waals surface area contributed by atoms with Gasteiger partial charge in [-0.25, -0.2) is 13.6 Å². The number of aromatic nitrogens is 1. The lowest BCUT2D eigenvalue weighted by Crippen LogP contribution is -2.25. The molecule has 1 heterocycles. The number of rotatable bonds is 4. The Morgan fingerprint density at radius 1 is 1.14 bits per heavy atom. The fraction of sp³-hybridized carbons (Fsp3) is 0.143. The van der Waals surface area contributed by atoms with Crippen LogP contribution in [-0.2, 0) is 6.54 Å². The molecule has 0 atom stereocenters. The van der Waals surface area contributed by atoms with Crippen LogP contribution in [-0.4, -0.2) is 15.6 Å². The second-order valence-electron chi connectivity index (χ2n) is 6.19. The number of aromatic carboxylic acids is 1. The molecule has 0 fully saturated rings.